The maximum atomic E-state index is 12.9. The van der Waals surface area contributed by atoms with Crippen LogP contribution in [0.2, 0.25) is 0 Å². The van der Waals surface area contributed by atoms with Gasteiger partial charge in [-0.25, -0.2) is 23.5 Å². The van der Waals surface area contributed by atoms with Crippen molar-refractivity contribution in [1.29, 1.82) is 0 Å². The summed E-state index contributed by atoms with van der Waals surface area (Å²) in [6.07, 6.45) is 2.99. The fourth-order valence-electron chi connectivity index (χ4n) is 3.26. The molecule has 9 nitrogen and oxygen atoms in total. The Morgan fingerprint density at radius 3 is 2.26 bits per heavy atom. The number of benzene rings is 2. The molecule has 0 spiro atoms. The van der Waals surface area contributed by atoms with E-state index >= 15 is 0 Å². The Morgan fingerprint density at radius 1 is 0.829 bits per heavy atom. The number of hydrogen-bond acceptors (Lipinski definition) is 6. The number of amides is 2. The molecule has 176 valence electrons. The van der Waals surface area contributed by atoms with Crippen LogP contribution in [0.4, 0.5) is 11.5 Å². The van der Waals surface area contributed by atoms with E-state index in [1.165, 1.54) is 12.3 Å². The second-order valence-corrected chi connectivity index (χ2v) is 9.73. The van der Waals surface area contributed by atoms with Crippen LogP contribution in [0, 0.1) is 0 Å². The van der Waals surface area contributed by atoms with Gasteiger partial charge in [-0.2, -0.15) is 0 Å². The van der Waals surface area contributed by atoms with Gasteiger partial charge in [0.2, 0.25) is 10.0 Å². The van der Waals surface area contributed by atoms with Crippen molar-refractivity contribution in [2.45, 2.75) is 4.90 Å². The fraction of sp³-hybridized carbons (Fsp3) is 0. The summed E-state index contributed by atoms with van der Waals surface area (Å²) in [5, 5.41) is 10.6. The van der Waals surface area contributed by atoms with Crippen LogP contribution < -0.4 is 15.8 Å². The molecule has 0 saturated carbocycles. The van der Waals surface area contributed by atoms with Crippen molar-refractivity contribution in [3.8, 4) is 11.1 Å². The van der Waals surface area contributed by atoms with Crippen molar-refractivity contribution in [3.05, 3.63) is 101 Å². The van der Waals surface area contributed by atoms with Gasteiger partial charge < -0.3 is 10.6 Å². The van der Waals surface area contributed by atoms with Crippen molar-refractivity contribution in [2.75, 3.05) is 10.6 Å². The van der Waals surface area contributed by atoms with Crippen molar-refractivity contribution < 1.29 is 18.0 Å². The van der Waals surface area contributed by atoms with Crippen molar-refractivity contribution in [3.63, 3.8) is 0 Å². The zero-order chi connectivity index (χ0) is 25.0. The molecule has 4 rings (SSSR count). The molecule has 0 atom stereocenters. The summed E-state index contributed by atoms with van der Waals surface area (Å²) in [6.45, 7) is 0. The maximum Gasteiger partial charge on any atom is 0.277 e. The number of aromatic nitrogens is 2. The van der Waals surface area contributed by atoms with E-state index in [-0.39, 0.29) is 16.3 Å². The van der Waals surface area contributed by atoms with Gasteiger partial charge in [-0.05, 0) is 64.0 Å². The number of carbonyl (C=O) groups excluding carboxylic acids is 2. The summed E-state index contributed by atoms with van der Waals surface area (Å²) in [6, 6.07) is 19.2. The number of hydrogen-bond donors (Lipinski definition) is 3. The van der Waals surface area contributed by atoms with Crippen LogP contribution in [-0.4, -0.2) is 30.2 Å². The predicted octanol–water partition coefficient (Wildman–Crippen LogP) is 4.06. The monoisotopic (exact) mass is 551 g/mol. The van der Waals surface area contributed by atoms with Crippen LogP contribution in [0.15, 0.2) is 94.6 Å². The van der Waals surface area contributed by atoms with E-state index in [4.69, 9.17) is 5.14 Å². The Morgan fingerprint density at radius 2 is 1.57 bits per heavy atom. The molecule has 11 heteroatoms. The molecule has 2 aromatic heterocycles. The smallest absolute Gasteiger partial charge is 0.277 e. The Labute approximate surface area is 209 Å². The molecule has 0 aliphatic heterocycles. The van der Waals surface area contributed by atoms with Crippen LogP contribution in [-0.2, 0) is 10.0 Å². The fourth-order valence-corrected chi connectivity index (χ4v) is 4.26. The molecule has 0 radical (unpaired) electrons. The summed E-state index contributed by atoms with van der Waals surface area (Å²) in [4.78, 5) is 33.8. The molecule has 2 aromatic carbocycles. The van der Waals surface area contributed by atoms with Gasteiger partial charge in [-0.3, -0.25) is 9.59 Å². The number of rotatable bonds is 6. The Bertz CT molecular complexity index is 1510. The van der Waals surface area contributed by atoms with Gasteiger partial charge in [-0.15, -0.1) is 0 Å². The van der Waals surface area contributed by atoms with E-state index < -0.39 is 21.8 Å². The van der Waals surface area contributed by atoms with Crippen LogP contribution in [0.25, 0.3) is 11.1 Å². The lowest BCUT2D eigenvalue weighted by atomic mass is 10.0. The summed E-state index contributed by atoms with van der Waals surface area (Å²) in [7, 11) is -3.92. The molecule has 0 aliphatic rings. The largest absolute Gasteiger partial charge is 0.320 e. The molecule has 4 N–H and O–H groups in total. The third kappa shape index (κ3) is 5.77. The lowest BCUT2D eigenvalue weighted by Gasteiger charge is -2.11. The number of pyridine rings is 2. The highest BCUT2D eigenvalue weighted by Crippen LogP contribution is 2.27. The first-order valence-corrected chi connectivity index (χ1v) is 12.5. The number of nitrogens with one attached hydrogen (secondary N) is 2. The van der Waals surface area contributed by atoms with Gasteiger partial charge in [0.1, 0.15) is 5.82 Å². The lowest BCUT2D eigenvalue weighted by Crippen LogP contribution is -2.20. The molecular formula is C24H18BrN5O4S. The molecule has 0 fully saturated rings. The van der Waals surface area contributed by atoms with E-state index in [9.17, 15) is 18.0 Å². The Hall–Kier alpha value is -3.93. The minimum Gasteiger partial charge on any atom is -0.320 e. The molecule has 0 saturated heterocycles. The molecule has 0 aliphatic carbocycles. The normalized spacial score (nSPS) is 11.0. The average Bonchev–Trinajstić information content (AvgIpc) is 2.85. The molecule has 0 unspecified atom stereocenters. The van der Waals surface area contributed by atoms with E-state index in [0.717, 1.165) is 4.47 Å². The molecule has 0 bridgehead atoms. The number of carbonyl (C=O) groups is 2. The standard InChI is InChI=1S/C24H18BrN5O4S/c25-17-11-12-21(28-14-17)30-24(32)22-19(5-3-13-27-22)29-23(31)16-9-7-15(8-10-16)18-4-1-2-6-20(18)35(26,33)34/h1-14H,(H,29,31)(H2,26,33,34)(H,28,30,32). The second kappa shape index (κ2) is 10.1. The van der Waals surface area contributed by atoms with Crippen LogP contribution in [0.1, 0.15) is 20.8 Å². The number of nitrogens with zero attached hydrogens (tertiary/aromatic N) is 2. The van der Waals surface area contributed by atoms with Crippen molar-refractivity contribution in [2.24, 2.45) is 5.14 Å². The summed E-state index contributed by atoms with van der Waals surface area (Å²) in [5.41, 5.74) is 1.54. The molecule has 2 heterocycles. The van der Waals surface area contributed by atoms with E-state index in [1.54, 1.807) is 72.9 Å². The molecule has 4 aromatic rings. The number of halogens is 1. The molecule has 2 amide bonds. The number of sulfonamides is 1. The highest BCUT2D eigenvalue weighted by atomic mass is 79.9. The first-order valence-electron chi connectivity index (χ1n) is 10.1. The number of anilines is 2. The summed E-state index contributed by atoms with van der Waals surface area (Å²) in [5.74, 6) is -0.678. The van der Waals surface area contributed by atoms with Gasteiger partial charge in [-0.1, -0.05) is 30.3 Å². The van der Waals surface area contributed by atoms with E-state index in [0.29, 0.717) is 22.5 Å². The number of primary sulfonamides is 1. The third-order valence-corrected chi connectivity index (χ3v) is 6.33. The summed E-state index contributed by atoms with van der Waals surface area (Å²) < 4.78 is 24.5. The minimum absolute atomic E-state index is 0.0107. The van der Waals surface area contributed by atoms with Gasteiger partial charge in [0.15, 0.2) is 5.69 Å². The quantitative estimate of drug-likeness (QED) is 0.329. The van der Waals surface area contributed by atoms with Crippen molar-refractivity contribution in [1.82, 2.24) is 9.97 Å². The topological polar surface area (TPSA) is 144 Å². The predicted molar refractivity (Wildman–Crippen MR) is 135 cm³/mol. The lowest BCUT2D eigenvalue weighted by molar-refractivity contribution is 0.102. The van der Waals surface area contributed by atoms with Gasteiger partial charge in [0, 0.05) is 28.0 Å². The maximum absolute atomic E-state index is 12.9. The van der Waals surface area contributed by atoms with Crippen LogP contribution in [0.3, 0.4) is 0 Å². The number of nitrogens with two attached hydrogens (primary N) is 1. The first kappa shape index (κ1) is 24.2. The van der Waals surface area contributed by atoms with Gasteiger partial charge in [0.05, 0.1) is 10.6 Å². The van der Waals surface area contributed by atoms with Crippen molar-refractivity contribution >= 4 is 49.3 Å². The second-order valence-electron chi connectivity index (χ2n) is 7.29. The average molecular weight is 552 g/mol. The van der Waals surface area contributed by atoms with Crippen LogP contribution in [0.5, 0.6) is 0 Å². The van der Waals surface area contributed by atoms with Gasteiger partial charge >= 0.3 is 0 Å². The Balaban J connectivity index is 1.53. The first-order chi connectivity index (χ1) is 16.7. The van der Waals surface area contributed by atoms with Crippen LogP contribution >= 0.6 is 15.9 Å². The highest BCUT2D eigenvalue weighted by molar-refractivity contribution is 9.10. The highest BCUT2D eigenvalue weighted by Gasteiger charge is 2.18. The zero-order valence-electron chi connectivity index (χ0n) is 18.0. The molecular weight excluding hydrogens is 534 g/mol. The minimum atomic E-state index is -3.92. The third-order valence-electron chi connectivity index (χ3n) is 4.89. The van der Waals surface area contributed by atoms with E-state index in [2.05, 4.69) is 36.5 Å². The Kier molecular flexibility index (Phi) is 7.01. The SMILES string of the molecule is NS(=O)(=O)c1ccccc1-c1ccc(C(=O)Nc2cccnc2C(=O)Nc2ccc(Br)cn2)cc1. The molecule has 35 heavy (non-hydrogen) atoms. The van der Waals surface area contributed by atoms with Gasteiger partial charge in [0.25, 0.3) is 11.8 Å². The van der Waals surface area contributed by atoms with E-state index in [1.807, 2.05) is 0 Å². The zero-order valence-corrected chi connectivity index (χ0v) is 20.4. The summed E-state index contributed by atoms with van der Waals surface area (Å²) >= 11 is 3.28.